The summed E-state index contributed by atoms with van der Waals surface area (Å²) in [6, 6.07) is 17.6. The van der Waals surface area contributed by atoms with Gasteiger partial charge in [-0.1, -0.05) is 54.1 Å². The molecule has 262 valence electrons. The first-order valence-electron chi connectivity index (χ1n) is 15.8. The molecule has 0 fully saturated rings. The van der Waals surface area contributed by atoms with Crippen molar-refractivity contribution in [2.75, 3.05) is 0 Å². The lowest BCUT2D eigenvalue weighted by Crippen LogP contribution is -2.39. The van der Waals surface area contributed by atoms with Crippen LogP contribution in [0.15, 0.2) is 73.1 Å². The first-order valence-corrected chi connectivity index (χ1v) is 19.3. The molecule has 1 unspecified atom stereocenters. The number of aromatic nitrogens is 2. The molecular weight excluding hydrogens is 697 g/mol. The highest BCUT2D eigenvalue weighted by Gasteiger charge is 2.32. The molecule has 0 amide bonds. The molecule has 2 heterocycles. The molecule has 2 atom stereocenters. The van der Waals surface area contributed by atoms with Crippen LogP contribution in [0.3, 0.4) is 0 Å². The molecule has 49 heavy (non-hydrogen) atoms. The number of nitrogens with zero attached hydrogens (tertiary/aromatic N) is 2. The van der Waals surface area contributed by atoms with E-state index in [4.69, 9.17) is 11.6 Å². The summed E-state index contributed by atoms with van der Waals surface area (Å²) in [7, 11) is -6.60. The molecule has 0 saturated carbocycles. The summed E-state index contributed by atoms with van der Waals surface area (Å²) in [5.41, 5.74) is 6.72. The number of hydrogen-bond acceptors (Lipinski definition) is 6. The third kappa shape index (κ3) is 8.87. The Hall–Kier alpha value is -3.36. The van der Waals surface area contributed by atoms with Crippen molar-refractivity contribution in [1.82, 2.24) is 19.4 Å². The Morgan fingerprint density at radius 3 is 1.65 bits per heavy atom. The summed E-state index contributed by atoms with van der Waals surface area (Å²) >= 11 is 6.16. The van der Waals surface area contributed by atoms with Crippen LogP contribution in [-0.4, -0.2) is 49.4 Å². The van der Waals surface area contributed by atoms with Crippen molar-refractivity contribution in [3.8, 4) is 22.3 Å². The summed E-state index contributed by atoms with van der Waals surface area (Å²) in [4.78, 5) is 7.59. The van der Waals surface area contributed by atoms with E-state index in [2.05, 4.69) is 31.5 Å². The Morgan fingerprint density at radius 2 is 1.18 bits per heavy atom. The maximum Gasteiger partial charge on any atom is 0.433 e. The van der Waals surface area contributed by atoms with Gasteiger partial charge in [-0.2, -0.15) is 13.2 Å². The Balaban J connectivity index is 0.000000192. The summed E-state index contributed by atoms with van der Waals surface area (Å²) in [5.74, 6) is 0. The Bertz CT molecular complexity index is 2040. The Labute approximate surface area is 290 Å². The second kappa shape index (κ2) is 14.5. The zero-order chi connectivity index (χ0) is 35.7. The molecule has 6 rings (SSSR count). The van der Waals surface area contributed by atoms with Crippen molar-refractivity contribution in [2.45, 2.75) is 82.1 Å². The molecule has 2 aromatic heterocycles. The normalized spacial score (nSPS) is 17.5. The zero-order valence-electron chi connectivity index (χ0n) is 27.4. The predicted octanol–water partition coefficient (Wildman–Crippen LogP) is 6.76. The van der Waals surface area contributed by atoms with Gasteiger partial charge in [0.1, 0.15) is 10.8 Å². The third-order valence-corrected chi connectivity index (χ3v) is 12.7. The maximum absolute atomic E-state index is 12.6. The molecule has 0 radical (unpaired) electrons. The number of nitrogens with one attached hydrogen (secondary N) is 2. The summed E-state index contributed by atoms with van der Waals surface area (Å²) in [5, 5.41) is -0.446. The van der Waals surface area contributed by atoms with Gasteiger partial charge in [0, 0.05) is 35.6 Å². The molecule has 2 aromatic carbocycles. The highest BCUT2D eigenvalue weighted by molar-refractivity contribution is 7.90. The summed E-state index contributed by atoms with van der Waals surface area (Å²) in [6.07, 6.45) is 0.997. The third-order valence-electron chi connectivity index (χ3n) is 8.64. The average molecular weight is 735 g/mol. The highest BCUT2D eigenvalue weighted by atomic mass is 35.5. The molecule has 8 nitrogen and oxygen atoms in total. The van der Waals surface area contributed by atoms with Crippen molar-refractivity contribution in [3.63, 3.8) is 0 Å². The molecule has 4 aromatic rings. The monoisotopic (exact) mass is 734 g/mol. The summed E-state index contributed by atoms with van der Waals surface area (Å²) < 4.78 is 91.5. The fourth-order valence-electron chi connectivity index (χ4n) is 5.82. The van der Waals surface area contributed by atoms with Gasteiger partial charge in [-0.25, -0.2) is 31.3 Å². The Kier molecular flexibility index (Phi) is 10.9. The smallest absolute Gasteiger partial charge is 0.251 e. The number of alkyl halides is 3. The lowest BCUT2D eigenvalue weighted by Gasteiger charge is -2.14. The van der Waals surface area contributed by atoms with Crippen molar-refractivity contribution >= 4 is 31.6 Å². The van der Waals surface area contributed by atoms with Gasteiger partial charge in [0.2, 0.25) is 20.0 Å². The SMILES string of the molecule is CC(C)S(=O)(=O)NC1Cc2ccc(-c3cccnc3Cl)cc2C1.CC(C)S(=O)(=O)N[C@H]1Cc2ccc(-c3ccc(C(F)(F)F)nc3)cc2C1. The topological polar surface area (TPSA) is 118 Å². The fraction of sp³-hybridized carbons (Fsp3) is 0.371. The van der Waals surface area contributed by atoms with E-state index in [1.807, 2.05) is 36.4 Å². The van der Waals surface area contributed by atoms with Gasteiger partial charge in [0.15, 0.2) is 0 Å². The van der Waals surface area contributed by atoms with Crippen LogP contribution < -0.4 is 9.44 Å². The van der Waals surface area contributed by atoms with Crippen LogP contribution in [0.1, 0.15) is 55.6 Å². The van der Waals surface area contributed by atoms with Gasteiger partial charge in [0.25, 0.3) is 0 Å². The van der Waals surface area contributed by atoms with E-state index in [0.29, 0.717) is 30.0 Å². The minimum atomic E-state index is -4.46. The van der Waals surface area contributed by atoms with Crippen LogP contribution in [0.2, 0.25) is 5.15 Å². The number of pyridine rings is 2. The van der Waals surface area contributed by atoms with Crippen LogP contribution in [-0.2, 0) is 51.9 Å². The minimum Gasteiger partial charge on any atom is -0.251 e. The first kappa shape index (κ1) is 36.9. The van der Waals surface area contributed by atoms with E-state index in [1.54, 1.807) is 33.9 Å². The van der Waals surface area contributed by atoms with Gasteiger partial charge in [-0.05, 0) is 105 Å². The van der Waals surface area contributed by atoms with E-state index >= 15 is 0 Å². The summed E-state index contributed by atoms with van der Waals surface area (Å²) in [6.45, 7) is 6.63. The fourth-order valence-corrected chi connectivity index (χ4v) is 7.86. The van der Waals surface area contributed by atoms with Crippen molar-refractivity contribution in [1.29, 1.82) is 0 Å². The molecule has 0 bridgehead atoms. The Morgan fingerprint density at radius 1 is 0.694 bits per heavy atom. The van der Waals surface area contributed by atoms with E-state index in [1.165, 1.54) is 23.4 Å². The van der Waals surface area contributed by atoms with Gasteiger partial charge < -0.3 is 0 Å². The number of hydrogen-bond donors (Lipinski definition) is 2. The second-order valence-electron chi connectivity index (χ2n) is 12.9. The molecule has 0 spiro atoms. The zero-order valence-corrected chi connectivity index (χ0v) is 29.8. The predicted molar refractivity (Wildman–Crippen MR) is 186 cm³/mol. The van der Waals surface area contributed by atoms with E-state index in [-0.39, 0.29) is 12.1 Å². The van der Waals surface area contributed by atoms with Crippen molar-refractivity contribution in [2.24, 2.45) is 0 Å². The molecular formula is C35H38ClF3N4O4S2. The largest absolute Gasteiger partial charge is 0.433 e. The lowest BCUT2D eigenvalue weighted by atomic mass is 10.0. The van der Waals surface area contributed by atoms with Crippen LogP contribution in [0.4, 0.5) is 13.2 Å². The molecule has 2 N–H and O–H groups in total. The van der Waals surface area contributed by atoms with E-state index in [0.717, 1.165) is 40.3 Å². The molecule has 14 heteroatoms. The number of fused-ring (bicyclic) bond motifs is 2. The van der Waals surface area contributed by atoms with Crippen molar-refractivity contribution < 1.29 is 30.0 Å². The van der Waals surface area contributed by atoms with Crippen molar-refractivity contribution in [3.05, 3.63) is 106 Å². The number of sulfonamides is 2. The van der Waals surface area contributed by atoms with Crippen LogP contribution in [0.5, 0.6) is 0 Å². The highest BCUT2D eigenvalue weighted by Crippen LogP contribution is 2.33. The van der Waals surface area contributed by atoms with E-state index < -0.39 is 42.4 Å². The number of benzene rings is 2. The second-order valence-corrected chi connectivity index (χ2v) is 17.8. The number of rotatable bonds is 8. The minimum absolute atomic E-state index is 0.0722. The van der Waals surface area contributed by atoms with Gasteiger partial charge in [-0.3, -0.25) is 4.98 Å². The number of halogens is 4. The van der Waals surface area contributed by atoms with Crippen LogP contribution in [0.25, 0.3) is 22.3 Å². The standard InChI is InChI=1S/C18H19F3N2O2S.C17H19ClN2O2S/c1-11(2)26(24,25)23-16-8-13-4-3-12(7-15(13)9-16)14-5-6-17(22-10-14)18(19,20)21;1-11(2)23(21,22)20-15-9-12-5-6-13(8-14(12)10-15)16-4-3-7-19-17(16)18/h3-7,10-11,16,23H,8-9H2,1-2H3;3-8,11,15,20H,9-10H2,1-2H3/t16-;/m0./s1. The van der Waals surface area contributed by atoms with Crippen LogP contribution in [0, 0.1) is 0 Å². The van der Waals surface area contributed by atoms with E-state index in [9.17, 15) is 30.0 Å². The lowest BCUT2D eigenvalue weighted by molar-refractivity contribution is -0.141. The van der Waals surface area contributed by atoms with Gasteiger partial charge in [0.05, 0.1) is 10.5 Å². The average Bonchev–Trinajstić information content (AvgIpc) is 3.62. The van der Waals surface area contributed by atoms with Gasteiger partial charge >= 0.3 is 6.18 Å². The van der Waals surface area contributed by atoms with Gasteiger partial charge in [-0.15, -0.1) is 0 Å². The van der Waals surface area contributed by atoms with Crippen LogP contribution >= 0.6 is 11.6 Å². The molecule has 2 aliphatic carbocycles. The molecule has 0 saturated heterocycles. The molecule has 2 aliphatic rings. The maximum atomic E-state index is 12.6. The first-order chi connectivity index (χ1) is 22.9. The molecule has 0 aliphatic heterocycles. The quantitative estimate of drug-likeness (QED) is 0.193.